The number of rotatable bonds is 6. The van der Waals surface area contributed by atoms with Crippen molar-refractivity contribution in [2.45, 2.75) is 46.5 Å². The van der Waals surface area contributed by atoms with Crippen LogP contribution in [-0.2, 0) is 12.8 Å². The Balaban J connectivity index is 0.000000195. The van der Waals surface area contributed by atoms with Crippen LogP contribution in [0.2, 0.25) is 0 Å². The molecule has 33 heavy (non-hydrogen) atoms. The highest BCUT2D eigenvalue weighted by atomic mass is 16.5. The molecule has 1 aromatic heterocycles. The van der Waals surface area contributed by atoms with Crippen molar-refractivity contribution in [2.24, 2.45) is 4.99 Å². The van der Waals surface area contributed by atoms with E-state index in [0.29, 0.717) is 0 Å². The maximum Gasteiger partial charge on any atom is 0.119 e. The lowest BCUT2D eigenvalue weighted by Crippen LogP contribution is -1.90. The van der Waals surface area contributed by atoms with Crippen molar-refractivity contribution in [1.82, 2.24) is 4.98 Å². The minimum absolute atomic E-state index is 0.742. The van der Waals surface area contributed by atoms with Gasteiger partial charge in [-0.2, -0.15) is 0 Å². The van der Waals surface area contributed by atoms with Crippen LogP contribution in [0.15, 0.2) is 108 Å². The summed E-state index contributed by atoms with van der Waals surface area (Å²) >= 11 is 0. The average Bonchev–Trinajstić information content (AvgIpc) is 3.15. The van der Waals surface area contributed by atoms with E-state index in [2.05, 4.69) is 72.4 Å². The highest BCUT2D eigenvalue weighted by Gasteiger charge is 1.97. The van der Waals surface area contributed by atoms with E-state index in [-0.39, 0.29) is 0 Å². The number of hydrogen-bond donors (Lipinski definition) is 0. The van der Waals surface area contributed by atoms with Crippen LogP contribution in [0.25, 0.3) is 0 Å². The van der Waals surface area contributed by atoms with Crippen molar-refractivity contribution in [3.63, 3.8) is 0 Å². The summed E-state index contributed by atoms with van der Waals surface area (Å²) in [6.07, 6.45) is 15.9. The minimum Gasteiger partial charge on any atom is -0.494 e. The summed E-state index contributed by atoms with van der Waals surface area (Å²) in [5, 5.41) is 0. The van der Waals surface area contributed by atoms with Crippen LogP contribution in [0.4, 0.5) is 0 Å². The topological polar surface area (TPSA) is 34.5 Å². The van der Waals surface area contributed by atoms with Crippen LogP contribution >= 0.6 is 0 Å². The van der Waals surface area contributed by atoms with Crippen molar-refractivity contribution in [1.29, 1.82) is 0 Å². The Morgan fingerprint density at radius 3 is 2.09 bits per heavy atom. The molecule has 0 amide bonds. The fourth-order valence-electron chi connectivity index (χ4n) is 3.06. The van der Waals surface area contributed by atoms with Crippen LogP contribution in [-0.4, -0.2) is 17.8 Å². The summed E-state index contributed by atoms with van der Waals surface area (Å²) in [5.41, 5.74) is 5.47. The molecule has 3 aromatic rings. The number of pyridine rings is 1. The van der Waals surface area contributed by atoms with Crippen molar-refractivity contribution >= 4 is 6.21 Å². The number of aromatic nitrogens is 1. The van der Waals surface area contributed by atoms with E-state index in [0.717, 1.165) is 38.0 Å². The number of ether oxygens (including phenoxy) is 1. The summed E-state index contributed by atoms with van der Waals surface area (Å²) in [4.78, 5) is 7.91. The van der Waals surface area contributed by atoms with Gasteiger partial charge in [-0.25, -0.2) is 0 Å². The molecule has 3 nitrogen and oxygen atoms in total. The van der Waals surface area contributed by atoms with Crippen molar-refractivity contribution in [3.05, 3.63) is 120 Å². The average molecular weight is 441 g/mol. The molecule has 0 bridgehead atoms. The van der Waals surface area contributed by atoms with E-state index >= 15 is 0 Å². The number of allylic oxidation sites excluding steroid dienone is 3. The van der Waals surface area contributed by atoms with E-state index in [4.69, 9.17) is 4.74 Å². The summed E-state index contributed by atoms with van der Waals surface area (Å²) in [5.74, 6) is 0.963. The number of hydrogen-bond acceptors (Lipinski definition) is 3. The van der Waals surface area contributed by atoms with E-state index in [9.17, 15) is 0 Å². The molecule has 0 N–H and O–H groups in total. The zero-order valence-electron chi connectivity index (χ0n) is 20.2. The first-order valence-corrected chi connectivity index (χ1v) is 11.7. The van der Waals surface area contributed by atoms with Gasteiger partial charge in [-0.05, 0) is 80.2 Å². The van der Waals surface area contributed by atoms with Gasteiger partial charge < -0.3 is 4.74 Å². The SMILES string of the molecule is CCOc1ccc(CC)cc1.Cc1ccc(CCC2=CCC=NC=C2)cc1.c1ccncc1. The molecule has 172 valence electrons. The zero-order valence-corrected chi connectivity index (χ0v) is 20.2. The second-order valence-electron chi connectivity index (χ2n) is 7.60. The molecule has 0 saturated heterocycles. The fourth-order valence-corrected chi connectivity index (χ4v) is 3.06. The van der Waals surface area contributed by atoms with Gasteiger partial charge in [0.05, 0.1) is 6.61 Å². The van der Waals surface area contributed by atoms with Crippen LogP contribution in [0.5, 0.6) is 5.75 Å². The maximum absolute atomic E-state index is 5.31. The predicted molar refractivity (Wildman–Crippen MR) is 141 cm³/mol. The molecule has 2 heterocycles. The summed E-state index contributed by atoms with van der Waals surface area (Å²) in [6, 6.07) is 22.7. The first-order chi connectivity index (χ1) is 16.2. The zero-order chi connectivity index (χ0) is 23.6. The van der Waals surface area contributed by atoms with Gasteiger partial charge in [0.1, 0.15) is 5.75 Å². The highest BCUT2D eigenvalue weighted by molar-refractivity contribution is 5.61. The molecule has 2 aromatic carbocycles. The lowest BCUT2D eigenvalue weighted by atomic mass is 10.0. The Bertz CT molecular complexity index is 945. The molecule has 4 rings (SSSR count). The Morgan fingerprint density at radius 1 is 0.818 bits per heavy atom. The Labute approximate surface area is 199 Å². The van der Waals surface area contributed by atoms with E-state index in [1.54, 1.807) is 12.4 Å². The first kappa shape index (κ1) is 25.8. The Hall–Kier alpha value is -3.46. The number of benzene rings is 2. The standard InChI is InChI=1S/C15H17N.C10H14O.C5H5N/c1-13-4-6-15(7-5-13)9-8-14-3-2-11-16-12-10-14;1-3-9-5-7-10(8-6-9)11-4-2;1-2-4-6-5-3-1/h3-7,10-12H,2,8-9H2,1H3;5-8H,3-4H2,1-2H3;1-5H. The summed E-state index contributed by atoms with van der Waals surface area (Å²) in [6.45, 7) is 7.01. The maximum atomic E-state index is 5.31. The van der Waals surface area contributed by atoms with Crippen molar-refractivity contribution < 1.29 is 4.74 Å². The molecule has 3 heteroatoms. The number of aliphatic imine (C=N–C) groups is 1. The van der Waals surface area contributed by atoms with Gasteiger partial charge in [0, 0.05) is 31.2 Å². The lowest BCUT2D eigenvalue weighted by Gasteiger charge is -2.03. The molecule has 0 atom stereocenters. The minimum atomic E-state index is 0.742. The normalized spacial score (nSPS) is 11.8. The summed E-state index contributed by atoms with van der Waals surface area (Å²) < 4.78 is 5.31. The monoisotopic (exact) mass is 440 g/mol. The summed E-state index contributed by atoms with van der Waals surface area (Å²) in [7, 11) is 0. The third-order valence-electron chi connectivity index (χ3n) is 5.00. The van der Waals surface area contributed by atoms with Gasteiger partial charge in [0.25, 0.3) is 0 Å². The second-order valence-corrected chi connectivity index (χ2v) is 7.60. The molecular formula is C30H36N2O. The molecule has 1 aliphatic rings. The molecule has 1 aliphatic heterocycles. The van der Waals surface area contributed by atoms with Gasteiger partial charge in [0.15, 0.2) is 0 Å². The molecule has 0 fully saturated rings. The van der Waals surface area contributed by atoms with Crippen LogP contribution < -0.4 is 4.74 Å². The second kappa shape index (κ2) is 16.2. The molecule has 0 aliphatic carbocycles. The van der Waals surface area contributed by atoms with Gasteiger partial charge >= 0.3 is 0 Å². The smallest absolute Gasteiger partial charge is 0.119 e. The number of nitrogens with zero attached hydrogens (tertiary/aromatic N) is 2. The molecule has 0 radical (unpaired) electrons. The van der Waals surface area contributed by atoms with Gasteiger partial charge in [0.2, 0.25) is 0 Å². The molecule has 0 unspecified atom stereocenters. The van der Waals surface area contributed by atoms with E-state index in [1.807, 2.05) is 49.7 Å². The third kappa shape index (κ3) is 11.6. The Morgan fingerprint density at radius 2 is 1.52 bits per heavy atom. The van der Waals surface area contributed by atoms with E-state index < -0.39 is 0 Å². The largest absolute Gasteiger partial charge is 0.494 e. The molecular weight excluding hydrogens is 404 g/mol. The third-order valence-corrected chi connectivity index (χ3v) is 5.00. The quantitative estimate of drug-likeness (QED) is 0.396. The van der Waals surface area contributed by atoms with Crippen LogP contribution in [0.3, 0.4) is 0 Å². The highest BCUT2D eigenvalue weighted by Crippen LogP contribution is 2.13. The number of aryl methyl sites for hydroxylation is 3. The van der Waals surface area contributed by atoms with Crippen molar-refractivity contribution in [2.75, 3.05) is 6.61 Å². The van der Waals surface area contributed by atoms with E-state index in [1.165, 1.54) is 22.3 Å². The van der Waals surface area contributed by atoms with Gasteiger partial charge in [-0.15, -0.1) is 0 Å². The van der Waals surface area contributed by atoms with Crippen LogP contribution in [0.1, 0.15) is 43.4 Å². The first-order valence-electron chi connectivity index (χ1n) is 11.7. The lowest BCUT2D eigenvalue weighted by molar-refractivity contribution is 0.340. The predicted octanol–water partition coefficient (Wildman–Crippen LogP) is 7.57. The Kier molecular flexibility index (Phi) is 12.7. The van der Waals surface area contributed by atoms with Gasteiger partial charge in [-0.3, -0.25) is 9.98 Å². The van der Waals surface area contributed by atoms with Crippen LogP contribution in [0, 0.1) is 6.92 Å². The van der Waals surface area contributed by atoms with Crippen molar-refractivity contribution in [3.8, 4) is 5.75 Å². The molecule has 0 saturated carbocycles. The molecule has 0 spiro atoms. The van der Waals surface area contributed by atoms with Gasteiger partial charge in [-0.1, -0.05) is 61.0 Å². The fraction of sp³-hybridized carbons (Fsp3) is 0.267.